The molecule has 6 nitrogen and oxygen atoms in total. The lowest BCUT2D eigenvalue weighted by Crippen LogP contribution is -2.24. The number of hydrogen-bond donors (Lipinski definition) is 2. The molecule has 9 heteroatoms. The highest BCUT2D eigenvalue weighted by atomic mass is 79.9. The molecule has 0 unspecified atom stereocenters. The van der Waals surface area contributed by atoms with Crippen molar-refractivity contribution in [1.29, 1.82) is 0 Å². The fraction of sp³-hybridized carbons (Fsp3) is 0.238. The lowest BCUT2D eigenvalue weighted by Gasteiger charge is -2.13. The first-order valence-electron chi connectivity index (χ1n) is 9.44. The van der Waals surface area contributed by atoms with Gasteiger partial charge in [-0.3, -0.25) is 9.59 Å². The van der Waals surface area contributed by atoms with Gasteiger partial charge in [0.1, 0.15) is 0 Å². The van der Waals surface area contributed by atoms with Gasteiger partial charge in [-0.1, -0.05) is 76.3 Å². The van der Waals surface area contributed by atoms with Crippen LogP contribution in [0.4, 0.5) is 10.8 Å². The molecule has 1 atom stereocenters. The van der Waals surface area contributed by atoms with Gasteiger partial charge in [0.05, 0.1) is 5.25 Å². The summed E-state index contributed by atoms with van der Waals surface area (Å²) in [5.74, 6) is -0.194. The third-order valence-electron chi connectivity index (χ3n) is 4.15. The van der Waals surface area contributed by atoms with Crippen molar-refractivity contribution >= 4 is 61.7 Å². The van der Waals surface area contributed by atoms with Crippen molar-refractivity contribution in [3.05, 3.63) is 64.6 Å². The average Bonchev–Trinajstić information content (AvgIpc) is 3.19. The molecule has 0 aliphatic heterocycles. The molecular formula is C21H21BrN4O2S2. The predicted molar refractivity (Wildman–Crippen MR) is 126 cm³/mol. The Morgan fingerprint density at radius 3 is 2.50 bits per heavy atom. The summed E-state index contributed by atoms with van der Waals surface area (Å²) < 4.78 is 1.60. The number of aromatic nitrogens is 2. The number of nitrogens with one attached hydrogen (secondary N) is 2. The monoisotopic (exact) mass is 504 g/mol. The van der Waals surface area contributed by atoms with Crippen LogP contribution in [-0.2, 0) is 16.0 Å². The summed E-state index contributed by atoms with van der Waals surface area (Å²) in [4.78, 5) is 24.7. The van der Waals surface area contributed by atoms with Crippen LogP contribution < -0.4 is 10.6 Å². The van der Waals surface area contributed by atoms with Gasteiger partial charge in [0, 0.05) is 16.6 Å². The van der Waals surface area contributed by atoms with Crippen molar-refractivity contribution in [2.75, 3.05) is 10.6 Å². The zero-order valence-corrected chi connectivity index (χ0v) is 19.5. The molecule has 30 heavy (non-hydrogen) atoms. The summed E-state index contributed by atoms with van der Waals surface area (Å²) >= 11 is 6.00. The summed E-state index contributed by atoms with van der Waals surface area (Å²) in [5, 5.41) is 14.0. The maximum atomic E-state index is 12.6. The standard InChI is InChI=1S/C21H21BrN4O2S2/c1-2-17(19(28)23-16-11-9-15(22)10-12-16)29-21-26-25-20(30-21)24-18(27)13-8-14-6-4-3-5-7-14/h3-7,9-12,17H,2,8,13H2,1H3,(H,23,28)(H,24,25,27)/t17-/m0/s1. The van der Waals surface area contributed by atoms with Gasteiger partial charge in [-0.25, -0.2) is 0 Å². The molecule has 0 saturated heterocycles. The first kappa shape index (κ1) is 22.5. The third-order valence-corrected chi connectivity index (χ3v) is 6.97. The first-order chi connectivity index (χ1) is 14.5. The number of anilines is 2. The van der Waals surface area contributed by atoms with Crippen molar-refractivity contribution in [3.63, 3.8) is 0 Å². The lowest BCUT2D eigenvalue weighted by atomic mass is 10.1. The van der Waals surface area contributed by atoms with E-state index >= 15 is 0 Å². The smallest absolute Gasteiger partial charge is 0.237 e. The zero-order valence-electron chi connectivity index (χ0n) is 16.3. The molecule has 3 aromatic rings. The number of rotatable bonds is 9. The van der Waals surface area contributed by atoms with E-state index in [-0.39, 0.29) is 17.1 Å². The predicted octanol–water partition coefficient (Wildman–Crippen LogP) is 5.38. The van der Waals surface area contributed by atoms with Gasteiger partial charge in [-0.2, -0.15) is 0 Å². The van der Waals surface area contributed by atoms with Gasteiger partial charge in [-0.15, -0.1) is 10.2 Å². The number of aryl methyl sites for hydroxylation is 1. The Balaban J connectivity index is 1.50. The van der Waals surface area contributed by atoms with E-state index in [0.717, 1.165) is 15.7 Å². The highest BCUT2D eigenvalue weighted by Gasteiger charge is 2.21. The van der Waals surface area contributed by atoms with E-state index in [4.69, 9.17) is 0 Å². The fourth-order valence-corrected chi connectivity index (χ4v) is 4.79. The summed E-state index contributed by atoms with van der Waals surface area (Å²) in [6, 6.07) is 17.3. The first-order valence-corrected chi connectivity index (χ1v) is 11.9. The van der Waals surface area contributed by atoms with Crippen molar-refractivity contribution < 1.29 is 9.59 Å². The van der Waals surface area contributed by atoms with Gasteiger partial charge < -0.3 is 10.6 Å². The highest BCUT2D eigenvalue weighted by molar-refractivity contribution is 9.10. The molecule has 156 valence electrons. The third kappa shape index (κ3) is 6.93. The van der Waals surface area contributed by atoms with E-state index in [1.807, 2.05) is 61.5 Å². The second-order valence-corrected chi connectivity index (χ2v) is 9.76. The molecule has 0 saturated carbocycles. The molecule has 2 aromatic carbocycles. The van der Waals surface area contributed by atoms with E-state index in [1.165, 1.54) is 23.1 Å². The topological polar surface area (TPSA) is 84.0 Å². The summed E-state index contributed by atoms with van der Waals surface area (Å²) in [7, 11) is 0. The normalized spacial score (nSPS) is 11.7. The summed E-state index contributed by atoms with van der Waals surface area (Å²) in [5.41, 5.74) is 1.86. The quantitative estimate of drug-likeness (QED) is 0.301. The number of hydrogen-bond acceptors (Lipinski definition) is 6. The van der Waals surface area contributed by atoms with Crippen LogP contribution in [0.15, 0.2) is 63.4 Å². The Morgan fingerprint density at radius 2 is 1.80 bits per heavy atom. The molecule has 0 spiro atoms. The van der Waals surface area contributed by atoms with Gasteiger partial charge in [0.25, 0.3) is 0 Å². The second-order valence-electron chi connectivity index (χ2n) is 6.42. The molecule has 0 bridgehead atoms. The van der Waals surface area contributed by atoms with Crippen molar-refractivity contribution in [2.24, 2.45) is 0 Å². The van der Waals surface area contributed by atoms with Gasteiger partial charge in [-0.05, 0) is 42.7 Å². The Labute approximate surface area is 192 Å². The van der Waals surface area contributed by atoms with E-state index in [9.17, 15) is 9.59 Å². The van der Waals surface area contributed by atoms with Crippen LogP contribution in [-0.4, -0.2) is 27.3 Å². The van der Waals surface area contributed by atoms with E-state index < -0.39 is 0 Å². The maximum Gasteiger partial charge on any atom is 0.237 e. The SMILES string of the molecule is CC[C@H](Sc1nnc(NC(=O)CCc2ccccc2)s1)C(=O)Nc1ccc(Br)cc1. The molecule has 1 heterocycles. The Morgan fingerprint density at radius 1 is 1.07 bits per heavy atom. The van der Waals surface area contributed by atoms with Crippen LogP contribution in [0.1, 0.15) is 25.3 Å². The highest BCUT2D eigenvalue weighted by Crippen LogP contribution is 2.31. The number of halogens is 1. The Hall–Kier alpha value is -2.23. The number of carbonyl (C=O) groups is 2. The fourth-order valence-electron chi connectivity index (χ4n) is 2.59. The molecule has 2 amide bonds. The van der Waals surface area contributed by atoms with Crippen molar-refractivity contribution in [2.45, 2.75) is 35.8 Å². The minimum atomic E-state index is -0.303. The number of nitrogens with zero attached hydrogens (tertiary/aromatic N) is 2. The molecule has 0 radical (unpaired) electrons. The molecule has 3 rings (SSSR count). The maximum absolute atomic E-state index is 12.6. The molecule has 2 N–H and O–H groups in total. The number of carbonyl (C=O) groups excluding carboxylic acids is 2. The van der Waals surface area contributed by atoms with Crippen LogP contribution in [0.5, 0.6) is 0 Å². The molecule has 0 fully saturated rings. The van der Waals surface area contributed by atoms with Gasteiger partial charge in [0.2, 0.25) is 16.9 Å². The zero-order chi connectivity index (χ0) is 21.3. The minimum Gasteiger partial charge on any atom is -0.325 e. The molecule has 0 aliphatic rings. The van der Waals surface area contributed by atoms with E-state index in [2.05, 4.69) is 36.8 Å². The lowest BCUT2D eigenvalue weighted by molar-refractivity contribution is -0.116. The largest absolute Gasteiger partial charge is 0.325 e. The van der Waals surface area contributed by atoms with Crippen molar-refractivity contribution in [1.82, 2.24) is 10.2 Å². The molecule has 0 aliphatic carbocycles. The van der Waals surface area contributed by atoms with E-state index in [1.54, 1.807) is 0 Å². The summed E-state index contributed by atoms with van der Waals surface area (Å²) in [6.07, 6.45) is 1.69. The van der Waals surface area contributed by atoms with E-state index in [0.29, 0.717) is 28.7 Å². The van der Waals surface area contributed by atoms with Crippen molar-refractivity contribution in [3.8, 4) is 0 Å². The van der Waals surface area contributed by atoms with Crippen LogP contribution in [0, 0.1) is 0 Å². The van der Waals surface area contributed by atoms with Crippen LogP contribution in [0.3, 0.4) is 0 Å². The Bertz CT molecular complexity index is 980. The Kier molecular flexibility index (Phi) is 8.41. The molecule has 1 aromatic heterocycles. The second kappa shape index (κ2) is 11.2. The van der Waals surface area contributed by atoms with Crippen LogP contribution in [0.25, 0.3) is 0 Å². The molecular weight excluding hydrogens is 484 g/mol. The number of benzene rings is 2. The van der Waals surface area contributed by atoms with Crippen LogP contribution >= 0.6 is 39.0 Å². The summed E-state index contributed by atoms with van der Waals surface area (Å²) in [6.45, 7) is 1.95. The number of amides is 2. The van der Waals surface area contributed by atoms with Gasteiger partial charge in [0.15, 0.2) is 4.34 Å². The van der Waals surface area contributed by atoms with Crippen LogP contribution in [0.2, 0.25) is 0 Å². The number of thioether (sulfide) groups is 1. The van der Waals surface area contributed by atoms with Gasteiger partial charge >= 0.3 is 0 Å². The minimum absolute atomic E-state index is 0.0894. The average molecular weight is 505 g/mol.